The number of hydrogen-bond acceptors (Lipinski definition) is 8. The normalized spacial score (nSPS) is 15.8. The van der Waals surface area contributed by atoms with E-state index in [4.69, 9.17) is 9.72 Å². The Hall–Kier alpha value is -4.64. The van der Waals surface area contributed by atoms with Gasteiger partial charge in [-0.15, -0.1) is 0 Å². The van der Waals surface area contributed by atoms with Crippen molar-refractivity contribution in [3.8, 4) is 16.9 Å². The van der Waals surface area contributed by atoms with E-state index in [1.807, 2.05) is 36.5 Å². The maximum Gasteiger partial charge on any atom is 0.274 e. The van der Waals surface area contributed by atoms with Crippen LogP contribution < -0.4 is 10.2 Å². The highest BCUT2D eigenvalue weighted by Gasteiger charge is 2.23. The highest BCUT2D eigenvalue weighted by Crippen LogP contribution is 2.33. The van der Waals surface area contributed by atoms with Gasteiger partial charge in [-0.25, -0.2) is 15.0 Å². The van der Waals surface area contributed by atoms with Gasteiger partial charge < -0.3 is 15.0 Å². The van der Waals surface area contributed by atoms with Gasteiger partial charge >= 0.3 is 0 Å². The summed E-state index contributed by atoms with van der Waals surface area (Å²) < 4.78 is 7.37. The molecule has 1 fully saturated rings. The number of anilines is 2. The molecule has 2 N–H and O–H groups in total. The summed E-state index contributed by atoms with van der Waals surface area (Å²) >= 11 is 0. The Balaban J connectivity index is 1.39. The third-order valence-electron chi connectivity index (χ3n) is 6.16. The minimum absolute atomic E-state index is 0.192. The van der Waals surface area contributed by atoms with Crippen LogP contribution >= 0.6 is 0 Å². The second-order valence-electron chi connectivity index (χ2n) is 8.50. The van der Waals surface area contributed by atoms with Crippen LogP contribution in [-0.2, 0) is 4.74 Å². The number of aromatic nitrogens is 7. The number of carbonyl (C=O) groups excluding carboxylic acids is 1. The van der Waals surface area contributed by atoms with Gasteiger partial charge in [0.1, 0.15) is 17.8 Å². The molecule has 0 spiro atoms. The predicted octanol–water partition coefficient (Wildman–Crippen LogP) is 3.08. The quantitative estimate of drug-likeness (QED) is 0.392. The number of fused-ring (bicyclic) bond motifs is 1. The topological polar surface area (TPSA) is 127 Å². The lowest BCUT2D eigenvalue weighted by molar-refractivity contribution is 0.0985. The molecule has 1 atom stereocenters. The van der Waals surface area contributed by atoms with Crippen molar-refractivity contribution in [1.82, 2.24) is 34.9 Å². The first-order valence-corrected chi connectivity index (χ1v) is 11.6. The van der Waals surface area contributed by atoms with Gasteiger partial charge in [-0.2, -0.15) is 14.9 Å². The highest BCUT2D eigenvalue weighted by molar-refractivity contribution is 6.03. The molecule has 1 saturated heterocycles. The molecular weight excluding hydrogens is 458 g/mol. The zero-order valence-corrected chi connectivity index (χ0v) is 19.5. The third kappa shape index (κ3) is 4.05. The Morgan fingerprint density at radius 2 is 2.06 bits per heavy atom. The first-order valence-electron chi connectivity index (χ1n) is 11.6. The summed E-state index contributed by atoms with van der Waals surface area (Å²) in [6.07, 6.45) is 6.45. The van der Waals surface area contributed by atoms with Crippen molar-refractivity contribution in [2.75, 3.05) is 30.0 Å². The van der Waals surface area contributed by atoms with E-state index in [1.54, 1.807) is 16.9 Å². The molecule has 0 aliphatic carbocycles. The molecule has 1 amide bonds. The summed E-state index contributed by atoms with van der Waals surface area (Å²) in [5.41, 5.74) is 3.66. The number of carbonyl (C=O) groups is 1. The largest absolute Gasteiger partial charge is 0.377 e. The van der Waals surface area contributed by atoms with Gasteiger partial charge in [-0.1, -0.05) is 12.1 Å². The molecule has 1 aliphatic rings. The maximum absolute atomic E-state index is 12.5. The van der Waals surface area contributed by atoms with Crippen molar-refractivity contribution in [3.05, 3.63) is 73.1 Å². The molecule has 11 nitrogen and oxygen atoms in total. The Morgan fingerprint density at radius 1 is 1.17 bits per heavy atom. The predicted molar refractivity (Wildman–Crippen MR) is 134 cm³/mol. The fourth-order valence-corrected chi connectivity index (χ4v) is 4.33. The van der Waals surface area contributed by atoms with E-state index >= 15 is 0 Å². The van der Waals surface area contributed by atoms with E-state index in [2.05, 4.69) is 48.5 Å². The van der Waals surface area contributed by atoms with Gasteiger partial charge in [0.25, 0.3) is 5.91 Å². The summed E-state index contributed by atoms with van der Waals surface area (Å²) in [5.74, 6) is 1.23. The Morgan fingerprint density at radius 3 is 2.81 bits per heavy atom. The zero-order valence-electron chi connectivity index (χ0n) is 19.5. The number of pyridine rings is 1. The van der Waals surface area contributed by atoms with E-state index in [-0.39, 0.29) is 11.9 Å². The van der Waals surface area contributed by atoms with Gasteiger partial charge in [0.15, 0.2) is 11.5 Å². The highest BCUT2D eigenvalue weighted by atomic mass is 16.5. The van der Waals surface area contributed by atoms with Crippen LogP contribution in [0, 0.1) is 0 Å². The first kappa shape index (κ1) is 21.9. The smallest absolute Gasteiger partial charge is 0.274 e. The average molecular weight is 482 g/mol. The average Bonchev–Trinajstić information content (AvgIpc) is 3.59. The van der Waals surface area contributed by atoms with Gasteiger partial charge in [0, 0.05) is 36.1 Å². The molecule has 0 radical (unpaired) electrons. The molecule has 5 heterocycles. The van der Waals surface area contributed by atoms with E-state index in [0.717, 1.165) is 34.5 Å². The molecule has 5 aromatic rings. The van der Waals surface area contributed by atoms with Crippen molar-refractivity contribution >= 4 is 28.4 Å². The summed E-state index contributed by atoms with van der Waals surface area (Å²) in [6.45, 7) is 4.18. The van der Waals surface area contributed by atoms with Crippen LogP contribution in [0.2, 0.25) is 0 Å². The van der Waals surface area contributed by atoms with Crippen LogP contribution in [0.3, 0.4) is 0 Å². The molecule has 1 aliphatic heterocycles. The molecule has 36 heavy (non-hydrogen) atoms. The number of morpholine rings is 1. The van der Waals surface area contributed by atoms with Crippen molar-refractivity contribution in [2.24, 2.45) is 0 Å². The Labute approximate surface area is 206 Å². The molecule has 0 bridgehead atoms. The zero-order chi connectivity index (χ0) is 24.5. The number of nitrogens with zero attached hydrogens (tertiary/aromatic N) is 7. The van der Waals surface area contributed by atoms with E-state index < -0.39 is 0 Å². The second kappa shape index (κ2) is 9.19. The molecule has 1 aromatic carbocycles. The number of nitrogens with one attached hydrogen (secondary N) is 2. The number of aromatic amines is 1. The Kier molecular flexibility index (Phi) is 5.58. The molecule has 4 aromatic heterocycles. The monoisotopic (exact) mass is 481 g/mol. The number of amides is 1. The second-order valence-corrected chi connectivity index (χ2v) is 8.50. The number of hydrogen-bond donors (Lipinski definition) is 2. The van der Waals surface area contributed by atoms with E-state index in [1.165, 1.54) is 12.5 Å². The summed E-state index contributed by atoms with van der Waals surface area (Å²) in [5, 5.41) is 15.5. The molecule has 0 unspecified atom stereocenters. The SMILES string of the molecule is C[C@@H]1COCCN1c1cc(-c2ccc(NC(=O)c3ccncn3)cc2)c2cnn(-c3cc[nH]n3)c2n1. The van der Waals surface area contributed by atoms with Gasteiger partial charge in [-0.05, 0) is 42.3 Å². The summed E-state index contributed by atoms with van der Waals surface area (Å²) in [4.78, 5) is 27.6. The van der Waals surface area contributed by atoms with Gasteiger partial charge in [-0.3, -0.25) is 9.89 Å². The lowest BCUT2D eigenvalue weighted by Gasteiger charge is -2.34. The van der Waals surface area contributed by atoms with Crippen LogP contribution in [0.5, 0.6) is 0 Å². The number of rotatable bonds is 5. The molecule has 11 heteroatoms. The molecule has 180 valence electrons. The van der Waals surface area contributed by atoms with Crippen molar-refractivity contribution in [3.63, 3.8) is 0 Å². The lowest BCUT2D eigenvalue weighted by atomic mass is 10.0. The fourth-order valence-electron chi connectivity index (χ4n) is 4.33. The standard InChI is InChI=1S/C25H23N9O2/c1-16-14-36-11-10-33(16)23-12-19(20-13-29-34(24(20)31-23)22-7-9-28-32-22)17-2-4-18(5-3-17)30-25(35)21-6-8-26-15-27-21/h2-9,12-13,15-16H,10-11,14H2,1H3,(H,28,32)(H,30,35)/t16-/m1/s1. The van der Waals surface area contributed by atoms with E-state index in [9.17, 15) is 4.79 Å². The third-order valence-corrected chi connectivity index (χ3v) is 6.16. The minimum atomic E-state index is -0.291. The van der Waals surface area contributed by atoms with Crippen LogP contribution in [0.15, 0.2) is 67.4 Å². The van der Waals surface area contributed by atoms with Crippen molar-refractivity contribution < 1.29 is 9.53 Å². The number of ether oxygens (including phenoxy) is 1. The Bertz CT molecular complexity index is 1500. The van der Waals surface area contributed by atoms with Crippen molar-refractivity contribution in [1.29, 1.82) is 0 Å². The van der Waals surface area contributed by atoms with Crippen LogP contribution in [0.4, 0.5) is 11.5 Å². The maximum atomic E-state index is 12.5. The lowest BCUT2D eigenvalue weighted by Crippen LogP contribution is -2.44. The van der Waals surface area contributed by atoms with Crippen molar-refractivity contribution in [2.45, 2.75) is 13.0 Å². The first-order chi connectivity index (χ1) is 17.7. The van der Waals surface area contributed by atoms with Crippen LogP contribution in [-0.4, -0.2) is 66.6 Å². The number of H-pyrrole nitrogens is 1. The van der Waals surface area contributed by atoms with Gasteiger partial charge in [0.05, 0.1) is 25.5 Å². The molecule has 6 rings (SSSR count). The van der Waals surface area contributed by atoms with Crippen LogP contribution in [0.25, 0.3) is 28.0 Å². The summed E-state index contributed by atoms with van der Waals surface area (Å²) in [7, 11) is 0. The summed E-state index contributed by atoms with van der Waals surface area (Å²) in [6, 6.07) is 13.4. The fraction of sp³-hybridized carbons (Fsp3) is 0.200. The number of benzene rings is 1. The van der Waals surface area contributed by atoms with E-state index in [0.29, 0.717) is 30.4 Å². The molecular formula is C25H23N9O2. The van der Waals surface area contributed by atoms with Gasteiger partial charge in [0.2, 0.25) is 0 Å². The van der Waals surface area contributed by atoms with Crippen LogP contribution in [0.1, 0.15) is 17.4 Å². The molecule has 0 saturated carbocycles. The minimum Gasteiger partial charge on any atom is -0.377 e.